The Morgan fingerprint density at radius 1 is 0.737 bits per heavy atom. The van der Waals surface area contributed by atoms with Crippen molar-refractivity contribution >= 4 is 10.1 Å². The zero-order chi connectivity index (χ0) is 15.7. The van der Waals surface area contributed by atoms with Crippen LogP contribution in [0, 0.1) is 0 Å². The highest BCUT2D eigenvalue weighted by Crippen LogP contribution is 2.63. The van der Waals surface area contributed by atoms with E-state index in [0.29, 0.717) is 0 Å². The summed E-state index contributed by atoms with van der Waals surface area (Å²) in [6.45, 7) is 0. The van der Waals surface area contributed by atoms with Crippen LogP contribution in [0.2, 0.25) is 0 Å². The zero-order valence-corrected chi connectivity index (χ0v) is 8.80. The van der Waals surface area contributed by atoms with Crippen LogP contribution in [0.4, 0.5) is 39.5 Å². The van der Waals surface area contributed by atoms with Crippen LogP contribution in [-0.2, 0) is 14.9 Å². The molecule has 1 rings (SSSR count). The first kappa shape index (κ1) is 16.3. The molecular formula is C5HF9O4S. The van der Waals surface area contributed by atoms with Gasteiger partial charge < -0.3 is 0 Å². The molecule has 114 valence electrons. The van der Waals surface area contributed by atoms with E-state index >= 15 is 0 Å². The summed E-state index contributed by atoms with van der Waals surface area (Å²) in [4.78, 5) is 0. The first-order valence-corrected chi connectivity index (χ1v) is 5.27. The molecule has 1 N–H and O–H groups in total. The van der Waals surface area contributed by atoms with Crippen molar-refractivity contribution in [1.82, 2.24) is 0 Å². The van der Waals surface area contributed by atoms with Crippen LogP contribution in [0.5, 0.6) is 0 Å². The number of halogens is 9. The molecule has 0 aromatic rings. The van der Waals surface area contributed by atoms with Crippen LogP contribution < -0.4 is 0 Å². The SMILES string of the molecule is O=S(=O)(O)C1(F)OC(F)(F)C(F)(F)C(F)(F)C1(F)F. The van der Waals surface area contributed by atoms with Crippen LogP contribution in [-0.4, -0.2) is 42.0 Å². The minimum atomic E-state index is -7.16. The molecule has 1 fully saturated rings. The lowest BCUT2D eigenvalue weighted by atomic mass is 10.0. The molecule has 0 aromatic heterocycles. The van der Waals surface area contributed by atoms with Crippen LogP contribution in [0.25, 0.3) is 0 Å². The Labute approximate surface area is 97.4 Å². The smallest absolute Gasteiger partial charge is 0.281 e. The second-order valence-corrected chi connectivity index (χ2v) is 4.83. The molecule has 19 heavy (non-hydrogen) atoms. The molecule has 14 heteroatoms. The van der Waals surface area contributed by atoms with E-state index in [1.165, 1.54) is 0 Å². The van der Waals surface area contributed by atoms with Crippen molar-refractivity contribution < 1.29 is 57.2 Å². The second kappa shape index (κ2) is 3.46. The van der Waals surface area contributed by atoms with Gasteiger partial charge in [0, 0.05) is 0 Å². The van der Waals surface area contributed by atoms with E-state index in [0.717, 1.165) is 0 Å². The van der Waals surface area contributed by atoms with Gasteiger partial charge in [0.1, 0.15) is 0 Å². The number of hydrogen-bond donors (Lipinski definition) is 1. The molecule has 0 saturated carbocycles. The van der Waals surface area contributed by atoms with Crippen molar-refractivity contribution in [2.75, 3.05) is 0 Å². The summed E-state index contributed by atoms with van der Waals surface area (Å²) in [6.07, 6.45) is -6.62. The van der Waals surface area contributed by atoms with E-state index in [1.807, 2.05) is 4.74 Å². The summed E-state index contributed by atoms with van der Waals surface area (Å²) in [5, 5.41) is -6.45. The molecule has 1 aliphatic heterocycles. The molecular weight excluding hydrogens is 327 g/mol. The van der Waals surface area contributed by atoms with E-state index < -0.39 is 39.2 Å². The van der Waals surface area contributed by atoms with Crippen LogP contribution in [0.15, 0.2) is 0 Å². The molecule has 0 bridgehead atoms. The molecule has 0 radical (unpaired) electrons. The summed E-state index contributed by atoms with van der Waals surface area (Å²) >= 11 is 0. The number of alkyl halides is 9. The number of hydrogen-bond acceptors (Lipinski definition) is 3. The molecule has 1 unspecified atom stereocenters. The summed E-state index contributed by atoms with van der Waals surface area (Å²) in [5.74, 6) is -21.1. The van der Waals surface area contributed by atoms with Gasteiger partial charge >= 0.3 is 39.2 Å². The van der Waals surface area contributed by atoms with Crippen LogP contribution in [0.3, 0.4) is 0 Å². The Hall–Kier alpha value is -0.760. The molecule has 0 spiro atoms. The van der Waals surface area contributed by atoms with Crippen molar-refractivity contribution in [3.8, 4) is 0 Å². The van der Waals surface area contributed by atoms with Crippen molar-refractivity contribution in [1.29, 1.82) is 0 Å². The molecule has 0 aliphatic carbocycles. The molecule has 4 nitrogen and oxygen atoms in total. The molecule has 1 heterocycles. The fraction of sp³-hybridized carbons (Fsp3) is 1.00. The highest BCUT2D eigenvalue weighted by Gasteiger charge is 2.95. The minimum absolute atomic E-state index is 1.97. The lowest BCUT2D eigenvalue weighted by Gasteiger charge is -2.46. The van der Waals surface area contributed by atoms with E-state index in [-0.39, 0.29) is 0 Å². The zero-order valence-electron chi connectivity index (χ0n) is 7.98. The molecule has 0 amide bonds. The van der Waals surface area contributed by atoms with E-state index in [9.17, 15) is 47.9 Å². The topological polar surface area (TPSA) is 63.6 Å². The highest BCUT2D eigenvalue weighted by molar-refractivity contribution is 7.87. The van der Waals surface area contributed by atoms with Gasteiger partial charge in [0.25, 0.3) is 0 Å². The lowest BCUT2D eigenvalue weighted by Crippen LogP contribution is -2.77. The fourth-order valence-electron chi connectivity index (χ4n) is 1.08. The summed E-state index contributed by atoms with van der Waals surface area (Å²) in [6, 6.07) is 0. The first-order valence-electron chi connectivity index (χ1n) is 3.83. The van der Waals surface area contributed by atoms with E-state index in [1.54, 1.807) is 0 Å². The van der Waals surface area contributed by atoms with Crippen molar-refractivity contribution in [3.05, 3.63) is 0 Å². The second-order valence-electron chi connectivity index (χ2n) is 3.35. The van der Waals surface area contributed by atoms with Gasteiger partial charge in [0.05, 0.1) is 0 Å². The predicted octanol–water partition coefficient (Wildman–Crippen LogP) is 2.03. The predicted molar refractivity (Wildman–Crippen MR) is 36.3 cm³/mol. The van der Waals surface area contributed by atoms with Gasteiger partial charge in [-0.2, -0.15) is 47.9 Å². The van der Waals surface area contributed by atoms with Crippen molar-refractivity contribution in [3.63, 3.8) is 0 Å². The number of rotatable bonds is 1. The lowest BCUT2D eigenvalue weighted by molar-refractivity contribution is -0.517. The largest absolute Gasteiger partial charge is 0.429 e. The maximum absolute atomic E-state index is 13.1. The van der Waals surface area contributed by atoms with Gasteiger partial charge in [0.15, 0.2) is 0 Å². The third-order valence-electron chi connectivity index (χ3n) is 2.12. The van der Waals surface area contributed by atoms with Crippen molar-refractivity contribution in [2.24, 2.45) is 0 Å². The van der Waals surface area contributed by atoms with Crippen LogP contribution >= 0.6 is 0 Å². The highest BCUT2D eigenvalue weighted by atomic mass is 32.2. The summed E-state index contributed by atoms with van der Waals surface area (Å²) in [5.41, 5.74) is 0. The molecule has 1 atom stereocenters. The maximum Gasteiger partial charge on any atom is 0.429 e. The van der Waals surface area contributed by atoms with Gasteiger partial charge in [0.2, 0.25) is 0 Å². The Morgan fingerprint density at radius 3 is 1.42 bits per heavy atom. The minimum Gasteiger partial charge on any atom is -0.281 e. The molecule has 0 aromatic carbocycles. The molecule has 1 aliphatic rings. The Bertz CT molecular complexity index is 499. The fourth-order valence-corrected chi connectivity index (χ4v) is 1.74. The monoisotopic (exact) mass is 328 g/mol. The van der Waals surface area contributed by atoms with Crippen molar-refractivity contribution in [2.45, 2.75) is 29.1 Å². The number of ether oxygens (including phenoxy) is 1. The summed E-state index contributed by atoms with van der Waals surface area (Å²) in [7, 11) is -7.06. The maximum atomic E-state index is 13.1. The first-order chi connectivity index (χ1) is 7.96. The quantitative estimate of drug-likeness (QED) is 0.591. The summed E-state index contributed by atoms with van der Waals surface area (Å²) < 4.78 is 144. The Morgan fingerprint density at radius 2 is 1.11 bits per heavy atom. The van der Waals surface area contributed by atoms with Crippen LogP contribution in [0.1, 0.15) is 0 Å². The standard InChI is InChI=1S/C5HF9O4S/c6-1(7)2(8,9)4(12,13)18-5(14,3(1,10)11)19(15,16)17/h(H,15,16,17). The average Bonchev–Trinajstić information content (AvgIpc) is 2.12. The van der Waals surface area contributed by atoms with Gasteiger partial charge in [-0.3, -0.25) is 9.29 Å². The molecule has 1 saturated heterocycles. The van der Waals surface area contributed by atoms with E-state index in [4.69, 9.17) is 4.55 Å². The van der Waals surface area contributed by atoms with Gasteiger partial charge in [-0.25, -0.2) is 0 Å². The van der Waals surface area contributed by atoms with Gasteiger partial charge in [-0.1, -0.05) is 0 Å². The third kappa shape index (κ3) is 1.59. The normalized spacial score (nSPS) is 35.9. The Kier molecular flexibility index (Phi) is 2.97. The van der Waals surface area contributed by atoms with Gasteiger partial charge in [-0.05, 0) is 0 Å². The Balaban J connectivity index is 3.70. The third-order valence-corrected chi connectivity index (χ3v) is 3.12. The van der Waals surface area contributed by atoms with E-state index in [2.05, 4.69) is 0 Å². The van der Waals surface area contributed by atoms with Gasteiger partial charge in [-0.15, -0.1) is 0 Å². The average molecular weight is 328 g/mol.